The maximum Gasteiger partial charge on any atom is 0.422 e. The number of carbonyl (C=O) groups is 1. The Morgan fingerprint density at radius 3 is 2.35 bits per heavy atom. The van der Waals surface area contributed by atoms with Crippen molar-refractivity contribution in [3.63, 3.8) is 0 Å². The van der Waals surface area contributed by atoms with Crippen LogP contribution in [-0.2, 0) is 4.79 Å². The van der Waals surface area contributed by atoms with Gasteiger partial charge in [0.15, 0.2) is 6.61 Å². The third-order valence-electron chi connectivity index (χ3n) is 2.30. The highest BCUT2D eigenvalue weighted by atomic mass is 35.5. The minimum atomic E-state index is -4.37. The second kappa shape index (κ2) is 7.96. The molecule has 4 nitrogen and oxygen atoms in total. The van der Waals surface area contributed by atoms with E-state index in [1.165, 1.54) is 24.3 Å². The smallest absolute Gasteiger partial charge is 0.422 e. The van der Waals surface area contributed by atoms with Crippen molar-refractivity contribution < 1.29 is 22.7 Å². The van der Waals surface area contributed by atoms with Crippen LogP contribution < -0.4 is 15.8 Å². The molecule has 0 unspecified atom stereocenters. The lowest BCUT2D eigenvalue weighted by Crippen LogP contribution is -2.34. The number of alkyl halides is 3. The third kappa shape index (κ3) is 6.63. The Morgan fingerprint density at radius 2 is 1.90 bits per heavy atom. The van der Waals surface area contributed by atoms with Gasteiger partial charge in [-0.15, -0.1) is 12.4 Å². The van der Waals surface area contributed by atoms with Crippen LogP contribution in [0.25, 0.3) is 0 Å². The SMILES string of the molecule is CC[C@H](N)C(=O)Nc1ccc(OCC(F)(F)F)cc1.Cl. The quantitative estimate of drug-likeness (QED) is 0.878. The first-order chi connectivity index (χ1) is 8.81. The van der Waals surface area contributed by atoms with Crippen molar-refractivity contribution in [2.24, 2.45) is 5.73 Å². The average molecular weight is 313 g/mol. The molecule has 0 fully saturated rings. The maximum absolute atomic E-state index is 11.9. The van der Waals surface area contributed by atoms with Gasteiger partial charge in [0.1, 0.15) is 5.75 Å². The van der Waals surface area contributed by atoms with E-state index in [1.807, 2.05) is 0 Å². The molecule has 8 heteroatoms. The fourth-order valence-corrected chi connectivity index (χ4v) is 1.22. The van der Waals surface area contributed by atoms with Crippen molar-refractivity contribution in [1.29, 1.82) is 0 Å². The average Bonchev–Trinajstić information content (AvgIpc) is 2.36. The Bertz CT molecular complexity index is 424. The molecular weight excluding hydrogens is 297 g/mol. The number of hydrogen-bond donors (Lipinski definition) is 2. The number of amides is 1. The van der Waals surface area contributed by atoms with Gasteiger partial charge >= 0.3 is 6.18 Å². The molecule has 0 bridgehead atoms. The van der Waals surface area contributed by atoms with Crippen molar-refractivity contribution >= 4 is 24.0 Å². The zero-order valence-electron chi connectivity index (χ0n) is 10.7. The van der Waals surface area contributed by atoms with E-state index in [4.69, 9.17) is 5.73 Å². The van der Waals surface area contributed by atoms with Crippen LogP contribution in [0.5, 0.6) is 5.75 Å². The second-order valence-corrected chi connectivity index (χ2v) is 3.93. The normalized spacial score (nSPS) is 12.2. The number of nitrogens with one attached hydrogen (secondary N) is 1. The molecule has 1 atom stereocenters. The van der Waals surface area contributed by atoms with Crippen LogP contribution in [0.1, 0.15) is 13.3 Å². The number of hydrogen-bond acceptors (Lipinski definition) is 3. The molecule has 20 heavy (non-hydrogen) atoms. The predicted octanol–water partition coefficient (Wildman–Crippen LogP) is 2.73. The highest BCUT2D eigenvalue weighted by Crippen LogP contribution is 2.20. The number of halogens is 4. The van der Waals surface area contributed by atoms with Crippen LogP contribution in [0, 0.1) is 0 Å². The first-order valence-corrected chi connectivity index (χ1v) is 5.68. The Kier molecular flexibility index (Phi) is 7.38. The summed E-state index contributed by atoms with van der Waals surface area (Å²) in [5, 5.41) is 2.55. The number of carbonyl (C=O) groups excluding carboxylic acids is 1. The van der Waals surface area contributed by atoms with E-state index in [1.54, 1.807) is 6.92 Å². The molecular formula is C12H16ClF3N2O2. The molecule has 0 aliphatic heterocycles. The molecule has 114 valence electrons. The van der Waals surface area contributed by atoms with Crippen LogP contribution in [0.2, 0.25) is 0 Å². The minimum absolute atomic E-state index is 0. The molecule has 0 spiro atoms. The highest BCUT2D eigenvalue weighted by molar-refractivity contribution is 5.94. The van der Waals surface area contributed by atoms with E-state index in [2.05, 4.69) is 10.1 Å². The number of benzene rings is 1. The molecule has 3 N–H and O–H groups in total. The van der Waals surface area contributed by atoms with Gasteiger partial charge in [-0.05, 0) is 30.7 Å². The van der Waals surface area contributed by atoms with Gasteiger partial charge in [0, 0.05) is 5.69 Å². The van der Waals surface area contributed by atoms with E-state index in [0.717, 1.165) is 0 Å². The van der Waals surface area contributed by atoms with E-state index in [0.29, 0.717) is 12.1 Å². The van der Waals surface area contributed by atoms with Crippen LogP contribution in [0.4, 0.5) is 18.9 Å². The Hall–Kier alpha value is -1.47. The van der Waals surface area contributed by atoms with Crippen molar-refractivity contribution in [1.82, 2.24) is 0 Å². The molecule has 0 aromatic heterocycles. The molecule has 1 amide bonds. The summed E-state index contributed by atoms with van der Waals surface area (Å²) in [6.07, 6.45) is -3.88. The van der Waals surface area contributed by atoms with Gasteiger partial charge in [0.25, 0.3) is 0 Å². The Labute approximate surface area is 120 Å². The summed E-state index contributed by atoms with van der Waals surface area (Å²) in [6, 6.07) is 4.98. The van der Waals surface area contributed by atoms with Crippen molar-refractivity contribution in [3.8, 4) is 5.75 Å². The van der Waals surface area contributed by atoms with Gasteiger partial charge < -0.3 is 15.8 Å². The van der Waals surface area contributed by atoms with Crippen molar-refractivity contribution in [2.45, 2.75) is 25.6 Å². The Morgan fingerprint density at radius 1 is 1.35 bits per heavy atom. The second-order valence-electron chi connectivity index (χ2n) is 3.93. The molecule has 0 saturated heterocycles. The van der Waals surface area contributed by atoms with Gasteiger partial charge in [-0.3, -0.25) is 4.79 Å². The van der Waals surface area contributed by atoms with Gasteiger partial charge in [0.2, 0.25) is 5.91 Å². The monoisotopic (exact) mass is 312 g/mol. The van der Waals surface area contributed by atoms with Crippen LogP contribution in [0.15, 0.2) is 24.3 Å². The van der Waals surface area contributed by atoms with E-state index in [9.17, 15) is 18.0 Å². The van der Waals surface area contributed by atoms with Gasteiger partial charge in [-0.1, -0.05) is 6.92 Å². The lowest BCUT2D eigenvalue weighted by atomic mass is 10.2. The van der Waals surface area contributed by atoms with E-state index < -0.39 is 18.8 Å². The minimum Gasteiger partial charge on any atom is -0.484 e. The summed E-state index contributed by atoms with van der Waals surface area (Å²) in [7, 11) is 0. The third-order valence-corrected chi connectivity index (χ3v) is 2.30. The summed E-state index contributed by atoms with van der Waals surface area (Å²) in [5.41, 5.74) is 5.98. The standard InChI is InChI=1S/C12H15F3N2O2.ClH/c1-2-10(16)11(18)17-8-3-5-9(6-4-8)19-7-12(13,14)15;/h3-6,10H,2,7,16H2,1H3,(H,17,18);1H/t10-;/m0./s1. The van der Waals surface area contributed by atoms with Gasteiger partial charge in [-0.25, -0.2) is 0 Å². The highest BCUT2D eigenvalue weighted by Gasteiger charge is 2.28. The van der Waals surface area contributed by atoms with Crippen LogP contribution >= 0.6 is 12.4 Å². The van der Waals surface area contributed by atoms with Crippen LogP contribution in [-0.4, -0.2) is 24.7 Å². The van der Waals surface area contributed by atoms with E-state index >= 15 is 0 Å². The predicted molar refractivity (Wildman–Crippen MR) is 72.1 cm³/mol. The lowest BCUT2D eigenvalue weighted by molar-refractivity contribution is -0.153. The fraction of sp³-hybridized carbons (Fsp3) is 0.417. The molecule has 1 rings (SSSR count). The summed E-state index contributed by atoms with van der Waals surface area (Å²) in [4.78, 5) is 11.5. The number of anilines is 1. The molecule has 0 aliphatic rings. The van der Waals surface area contributed by atoms with Gasteiger partial charge in [-0.2, -0.15) is 13.2 Å². The summed E-state index contributed by atoms with van der Waals surface area (Å²) in [5.74, 6) is -0.262. The molecule has 1 aromatic carbocycles. The van der Waals surface area contributed by atoms with Gasteiger partial charge in [0.05, 0.1) is 6.04 Å². The van der Waals surface area contributed by atoms with Crippen molar-refractivity contribution in [2.75, 3.05) is 11.9 Å². The molecule has 0 heterocycles. The molecule has 0 radical (unpaired) electrons. The first kappa shape index (κ1) is 18.5. The number of rotatable bonds is 5. The van der Waals surface area contributed by atoms with E-state index in [-0.39, 0.29) is 24.1 Å². The summed E-state index contributed by atoms with van der Waals surface area (Å²) in [6.45, 7) is 0.428. The molecule has 0 aliphatic carbocycles. The van der Waals surface area contributed by atoms with Crippen LogP contribution in [0.3, 0.4) is 0 Å². The zero-order valence-corrected chi connectivity index (χ0v) is 11.6. The topological polar surface area (TPSA) is 64.4 Å². The lowest BCUT2D eigenvalue weighted by Gasteiger charge is -2.11. The summed E-state index contributed by atoms with van der Waals surface area (Å²) >= 11 is 0. The maximum atomic E-state index is 11.9. The molecule has 0 saturated carbocycles. The number of ether oxygens (including phenoxy) is 1. The zero-order chi connectivity index (χ0) is 14.5. The summed E-state index contributed by atoms with van der Waals surface area (Å²) < 4.78 is 40.3. The molecule has 1 aromatic rings. The fourth-order valence-electron chi connectivity index (χ4n) is 1.22. The van der Waals surface area contributed by atoms with Crippen molar-refractivity contribution in [3.05, 3.63) is 24.3 Å². The largest absolute Gasteiger partial charge is 0.484 e. The first-order valence-electron chi connectivity index (χ1n) is 5.68. The Balaban J connectivity index is 0.00000361. The number of nitrogens with two attached hydrogens (primary N) is 1.